The third-order valence-electron chi connectivity index (χ3n) is 5.51. The van der Waals surface area contributed by atoms with Crippen molar-refractivity contribution in [1.29, 1.82) is 5.26 Å². The summed E-state index contributed by atoms with van der Waals surface area (Å²) < 4.78 is 41.7. The summed E-state index contributed by atoms with van der Waals surface area (Å²) >= 11 is 6.33. The van der Waals surface area contributed by atoms with Crippen LogP contribution in [0.3, 0.4) is 0 Å². The Labute approximate surface area is 234 Å². The van der Waals surface area contributed by atoms with Crippen molar-refractivity contribution in [3.8, 4) is 6.07 Å². The van der Waals surface area contributed by atoms with Gasteiger partial charge in [0.05, 0.1) is 21.7 Å². The van der Waals surface area contributed by atoms with E-state index in [4.69, 9.17) is 11.6 Å². The fraction of sp³-hybridized carbons (Fsp3) is 0.217. The van der Waals surface area contributed by atoms with Gasteiger partial charge in [-0.05, 0) is 54.7 Å². The number of aromatic nitrogens is 2. The van der Waals surface area contributed by atoms with Gasteiger partial charge in [0, 0.05) is 17.8 Å². The van der Waals surface area contributed by atoms with Crippen LogP contribution < -0.4 is 15.4 Å². The number of halogens is 2. The summed E-state index contributed by atoms with van der Waals surface area (Å²) in [6.45, 7) is 3.15. The molecule has 1 aromatic heterocycles. The van der Waals surface area contributed by atoms with Crippen LogP contribution in [0.4, 0.5) is 27.5 Å². The first-order chi connectivity index (χ1) is 16.6. The molecule has 13 heteroatoms. The second-order valence-electron chi connectivity index (χ2n) is 7.87. The number of aryl methyl sites for hydroxylation is 2. The molecule has 5 rings (SSSR count). The first-order valence-electron chi connectivity index (χ1n) is 10.6. The molecule has 36 heavy (non-hydrogen) atoms. The fourth-order valence-corrected chi connectivity index (χ4v) is 5.38. The molecule has 9 nitrogen and oxygen atoms in total. The van der Waals surface area contributed by atoms with Crippen LogP contribution in [0.2, 0.25) is 5.02 Å². The predicted molar refractivity (Wildman–Crippen MR) is 136 cm³/mol. The Hall–Kier alpha value is -2.75. The SMILES string of the molecule is CCC(=O)NS(=O)(=O)c1cc(Nc2ncc(F)c(Nc3cc4c(C#N)c(Cl)c3CC4)n2)ccc1C.[NaH]. The van der Waals surface area contributed by atoms with Crippen LogP contribution in [0, 0.1) is 24.1 Å². The van der Waals surface area contributed by atoms with E-state index in [1.807, 2.05) is 4.72 Å². The van der Waals surface area contributed by atoms with Gasteiger partial charge >= 0.3 is 29.6 Å². The van der Waals surface area contributed by atoms with Crippen molar-refractivity contribution < 1.29 is 17.6 Å². The summed E-state index contributed by atoms with van der Waals surface area (Å²) in [5, 5.41) is 15.4. The molecule has 1 amide bonds. The van der Waals surface area contributed by atoms with E-state index < -0.39 is 21.7 Å². The van der Waals surface area contributed by atoms with Crippen LogP contribution in [-0.2, 0) is 27.7 Å². The van der Waals surface area contributed by atoms with Gasteiger partial charge in [-0.15, -0.1) is 0 Å². The average molecular weight is 539 g/mol. The first kappa shape index (κ1) is 27.8. The van der Waals surface area contributed by atoms with Crippen molar-refractivity contribution in [2.24, 2.45) is 0 Å². The van der Waals surface area contributed by atoms with Gasteiger partial charge < -0.3 is 10.6 Å². The van der Waals surface area contributed by atoms with Crippen molar-refractivity contribution >= 4 is 80.2 Å². The molecule has 2 bridgehead atoms. The normalized spacial score (nSPS) is 11.9. The maximum absolute atomic E-state index is 14.5. The monoisotopic (exact) mass is 538 g/mol. The van der Waals surface area contributed by atoms with Crippen LogP contribution >= 0.6 is 11.6 Å². The van der Waals surface area contributed by atoms with E-state index >= 15 is 0 Å². The fourth-order valence-electron chi connectivity index (χ4n) is 3.69. The number of benzene rings is 2. The van der Waals surface area contributed by atoms with Gasteiger partial charge in [0.1, 0.15) is 6.07 Å². The summed E-state index contributed by atoms with van der Waals surface area (Å²) in [7, 11) is -4.07. The van der Waals surface area contributed by atoms with Gasteiger partial charge in [0.2, 0.25) is 11.9 Å². The Morgan fingerprint density at radius 2 is 2.00 bits per heavy atom. The molecule has 0 saturated heterocycles. The van der Waals surface area contributed by atoms with Gasteiger partial charge in [-0.2, -0.15) is 10.2 Å². The molecule has 0 fully saturated rings. The zero-order valence-electron chi connectivity index (χ0n) is 18.7. The number of anilines is 4. The number of nitriles is 1. The third-order valence-corrected chi connectivity index (χ3v) is 7.44. The second-order valence-corrected chi connectivity index (χ2v) is 9.89. The quantitative estimate of drug-likeness (QED) is 0.388. The van der Waals surface area contributed by atoms with Crippen LogP contribution in [0.25, 0.3) is 0 Å². The topological polar surface area (TPSA) is 137 Å². The van der Waals surface area contributed by atoms with Gasteiger partial charge in [-0.3, -0.25) is 4.79 Å². The molecule has 0 atom stereocenters. The standard InChI is InChI=1S/C23H20ClFN6O3S.Na.H/c1-3-20(32)31-35(33,34)19-9-14(6-4-12(19)2)28-23-27-11-17(25)22(30-23)29-18-8-13-5-7-15(18)21(24)16(13)10-26;;/h4,6,8-9,11H,3,5,7H2,1-2H3,(H,31,32)(H2,27,28,29,30);;. The van der Waals surface area contributed by atoms with Gasteiger partial charge in [0.25, 0.3) is 10.0 Å². The van der Waals surface area contributed by atoms with Crippen LogP contribution in [-0.4, -0.2) is 53.9 Å². The Morgan fingerprint density at radius 1 is 1.25 bits per heavy atom. The van der Waals surface area contributed by atoms with Gasteiger partial charge in [0.15, 0.2) is 11.6 Å². The summed E-state index contributed by atoms with van der Waals surface area (Å²) in [5.41, 5.74) is 3.20. The molecule has 0 radical (unpaired) electrons. The minimum absolute atomic E-state index is 0. The third kappa shape index (κ3) is 5.63. The zero-order valence-corrected chi connectivity index (χ0v) is 20.3. The van der Waals surface area contributed by atoms with Crippen molar-refractivity contribution in [3.63, 3.8) is 0 Å². The van der Waals surface area contributed by atoms with E-state index in [9.17, 15) is 22.9 Å². The summed E-state index contributed by atoms with van der Waals surface area (Å²) in [5.74, 6) is -1.44. The molecular weight excluding hydrogens is 518 g/mol. The zero-order chi connectivity index (χ0) is 25.3. The van der Waals surface area contributed by atoms with E-state index in [-0.39, 0.29) is 52.6 Å². The van der Waals surface area contributed by atoms with E-state index in [1.165, 1.54) is 6.07 Å². The van der Waals surface area contributed by atoms with Crippen molar-refractivity contribution in [2.45, 2.75) is 38.0 Å². The number of nitrogens with zero attached hydrogens (tertiary/aromatic N) is 3. The number of hydrogen-bond acceptors (Lipinski definition) is 8. The Balaban J connectivity index is 0.00000361. The first-order valence-corrected chi connectivity index (χ1v) is 12.5. The van der Waals surface area contributed by atoms with E-state index in [2.05, 4.69) is 26.7 Å². The summed E-state index contributed by atoms with van der Waals surface area (Å²) in [4.78, 5) is 19.6. The molecule has 2 aliphatic carbocycles. The van der Waals surface area contributed by atoms with Crippen LogP contribution in [0.5, 0.6) is 0 Å². The number of nitrogens with one attached hydrogen (secondary N) is 3. The van der Waals surface area contributed by atoms with Crippen molar-refractivity contribution in [2.75, 3.05) is 10.6 Å². The van der Waals surface area contributed by atoms with E-state index in [1.54, 1.807) is 32.0 Å². The molecule has 0 aliphatic heterocycles. The number of carbonyl (C=O) groups is 1. The van der Waals surface area contributed by atoms with Gasteiger partial charge in [-0.25, -0.2) is 22.5 Å². The summed E-state index contributed by atoms with van der Waals surface area (Å²) in [6, 6.07) is 8.35. The van der Waals surface area contributed by atoms with E-state index in [0.29, 0.717) is 45.9 Å². The molecule has 1 heterocycles. The van der Waals surface area contributed by atoms with Crippen LogP contribution in [0.15, 0.2) is 35.4 Å². The van der Waals surface area contributed by atoms with Crippen molar-refractivity contribution in [3.05, 3.63) is 63.6 Å². The average Bonchev–Trinajstić information content (AvgIpc) is 2.82. The van der Waals surface area contributed by atoms with Crippen LogP contribution in [0.1, 0.15) is 35.6 Å². The summed E-state index contributed by atoms with van der Waals surface area (Å²) in [6.07, 6.45) is 2.28. The predicted octanol–water partition coefficient (Wildman–Crippen LogP) is 3.60. The number of rotatable bonds is 7. The molecule has 0 unspecified atom stereocenters. The molecule has 3 aromatic rings. The molecule has 182 valence electrons. The van der Waals surface area contributed by atoms with E-state index in [0.717, 1.165) is 11.8 Å². The molecular formula is C23H21ClFN6NaO3S. The number of hydrogen-bond donors (Lipinski definition) is 3. The van der Waals surface area contributed by atoms with Crippen molar-refractivity contribution in [1.82, 2.24) is 14.7 Å². The molecule has 0 spiro atoms. The molecule has 2 aliphatic rings. The molecule has 0 saturated carbocycles. The Bertz CT molecular complexity index is 1510. The molecule has 2 aromatic carbocycles. The minimum atomic E-state index is -4.07. The number of amides is 1. The number of carbonyl (C=O) groups excluding carboxylic acids is 1. The Kier molecular flexibility index (Phi) is 8.59. The number of sulfonamides is 1. The van der Waals surface area contributed by atoms with Gasteiger partial charge in [-0.1, -0.05) is 24.6 Å². The Morgan fingerprint density at radius 3 is 2.67 bits per heavy atom. The maximum atomic E-state index is 14.5. The second kappa shape index (κ2) is 11.1. The number of fused-ring (bicyclic) bond motifs is 3. The molecule has 3 N–H and O–H groups in total.